The lowest BCUT2D eigenvalue weighted by Gasteiger charge is -2.08. The van der Waals surface area contributed by atoms with Crippen molar-refractivity contribution in [3.05, 3.63) is 52.8 Å². The standard InChI is InChI=1S/C14H14F3N3O2.ClH/c1-20-10(6-12(19-20)14(15,16)17)8-18-7-9-4-2-3-5-11(9)13(21)22;/h2-6,18H,7-8H2,1H3,(H,21,22);1H. The smallest absolute Gasteiger partial charge is 0.435 e. The molecule has 0 amide bonds. The number of aromatic nitrogens is 2. The van der Waals surface area contributed by atoms with Crippen molar-refractivity contribution in [2.75, 3.05) is 0 Å². The van der Waals surface area contributed by atoms with Crippen molar-refractivity contribution < 1.29 is 23.1 Å². The van der Waals surface area contributed by atoms with Crippen LogP contribution in [0.15, 0.2) is 30.3 Å². The molecule has 0 aliphatic rings. The number of nitrogens with zero attached hydrogens (tertiary/aromatic N) is 2. The van der Waals surface area contributed by atoms with Crippen LogP contribution in [0.2, 0.25) is 0 Å². The lowest BCUT2D eigenvalue weighted by molar-refractivity contribution is -0.141. The van der Waals surface area contributed by atoms with Gasteiger partial charge in [-0.25, -0.2) is 4.79 Å². The minimum atomic E-state index is -4.48. The molecule has 0 saturated carbocycles. The number of aryl methyl sites for hydroxylation is 1. The van der Waals surface area contributed by atoms with Crippen LogP contribution in [0.3, 0.4) is 0 Å². The molecule has 1 heterocycles. The Morgan fingerprint density at radius 3 is 2.52 bits per heavy atom. The van der Waals surface area contributed by atoms with Crippen molar-refractivity contribution in [2.24, 2.45) is 7.05 Å². The van der Waals surface area contributed by atoms with E-state index in [2.05, 4.69) is 10.4 Å². The molecule has 23 heavy (non-hydrogen) atoms. The zero-order chi connectivity index (χ0) is 16.3. The molecular weight excluding hydrogens is 335 g/mol. The molecule has 126 valence electrons. The molecule has 0 atom stereocenters. The Morgan fingerprint density at radius 1 is 1.30 bits per heavy atom. The number of hydrogen-bond acceptors (Lipinski definition) is 3. The Hall–Kier alpha value is -2.06. The maximum absolute atomic E-state index is 12.5. The highest BCUT2D eigenvalue weighted by atomic mass is 35.5. The van der Waals surface area contributed by atoms with E-state index < -0.39 is 17.8 Å². The van der Waals surface area contributed by atoms with Crippen LogP contribution < -0.4 is 5.32 Å². The van der Waals surface area contributed by atoms with E-state index in [1.165, 1.54) is 13.1 Å². The Labute approximate surface area is 136 Å². The third-order valence-corrected chi connectivity index (χ3v) is 3.14. The first-order valence-electron chi connectivity index (χ1n) is 6.41. The molecule has 0 aliphatic carbocycles. The molecule has 0 saturated heterocycles. The van der Waals surface area contributed by atoms with E-state index in [1.54, 1.807) is 18.2 Å². The highest BCUT2D eigenvalue weighted by molar-refractivity contribution is 5.89. The molecule has 0 aliphatic heterocycles. The number of aromatic carboxylic acids is 1. The van der Waals surface area contributed by atoms with E-state index in [1.807, 2.05) is 0 Å². The van der Waals surface area contributed by atoms with Gasteiger partial charge in [-0.05, 0) is 17.7 Å². The summed E-state index contributed by atoms with van der Waals surface area (Å²) in [5.74, 6) is -1.04. The Balaban J connectivity index is 0.00000264. The molecule has 1 aromatic heterocycles. The second kappa shape index (κ2) is 7.47. The van der Waals surface area contributed by atoms with Gasteiger partial charge in [0.25, 0.3) is 0 Å². The number of rotatable bonds is 5. The molecule has 0 spiro atoms. The Morgan fingerprint density at radius 2 is 1.96 bits per heavy atom. The number of nitrogens with one attached hydrogen (secondary N) is 1. The molecule has 2 aromatic rings. The summed E-state index contributed by atoms with van der Waals surface area (Å²) in [5.41, 5.74) is 0.141. The second-order valence-corrected chi connectivity index (χ2v) is 4.71. The quantitative estimate of drug-likeness (QED) is 0.871. The van der Waals surface area contributed by atoms with Gasteiger partial charge in [0, 0.05) is 20.1 Å². The number of benzene rings is 1. The van der Waals surface area contributed by atoms with Crippen LogP contribution in [0.25, 0.3) is 0 Å². The average Bonchev–Trinajstić information content (AvgIpc) is 2.81. The summed E-state index contributed by atoms with van der Waals surface area (Å²) in [4.78, 5) is 11.1. The highest BCUT2D eigenvalue weighted by Gasteiger charge is 2.34. The molecule has 0 unspecified atom stereocenters. The number of halogens is 4. The first-order valence-corrected chi connectivity index (χ1v) is 6.41. The molecular formula is C14H15ClF3N3O2. The summed E-state index contributed by atoms with van der Waals surface area (Å²) in [6, 6.07) is 7.42. The molecule has 2 rings (SSSR count). The van der Waals surface area contributed by atoms with Gasteiger partial charge >= 0.3 is 12.1 Å². The molecule has 0 bridgehead atoms. The molecule has 0 radical (unpaired) electrons. The molecule has 0 fully saturated rings. The third kappa shape index (κ3) is 4.70. The van der Waals surface area contributed by atoms with E-state index in [0.29, 0.717) is 11.3 Å². The van der Waals surface area contributed by atoms with Crippen LogP contribution in [0.5, 0.6) is 0 Å². The second-order valence-electron chi connectivity index (χ2n) is 4.71. The predicted octanol–water partition coefficient (Wildman–Crippen LogP) is 2.85. The summed E-state index contributed by atoms with van der Waals surface area (Å²) in [5, 5.41) is 15.4. The van der Waals surface area contributed by atoms with Crippen LogP contribution in [-0.2, 0) is 26.3 Å². The Bertz CT molecular complexity index is 686. The van der Waals surface area contributed by atoms with Gasteiger partial charge in [0.2, 0.25) is 0 Å². The van der Waals surface area contributed by atoms with Gasteiger partial charge in [0.15, 0.2) is 5.69 Å². The van der Waals surface area contributed by atoms with E-state index in [4.69, 9.17) is 5.11 Å². The van der Waals surface area contributed by atoms with Gasteiger partial charge in [0.1, 0.15) is 0 Å². The van der Waals surface area contributed by atoms with Gasteiger partial charge in [-0.15, -0.1) is 12.4 Å². The monoisotopic (exact) mass is 349 g/mol. The lowest BCUT2D eigenvalue weighted by Crippen LogP contribution is -2.17. The van der Waals surface area contributed by atoms with E-state index in [0.717, 1.165) is 10.7 Å². The van der Waals surface area contributed by atoms with Crippen molar-refractivity contribution in [3.8, 4) is 0 Å². The fourth-order valence-electron chi connectivity index (χ4n) is 2.02. The van der Waals surface area contributed by atoms with Gasteiger partial charge in [-0.1, -0.05) is 18.2 Å². The van der Waals surface area contributed by atoms with Crippen molar-refractivity contribution in [2.45, 2.75) is 19.3 Å². The molecule has 5 nitrogen and oxygen atoms in total. The summed E-state index contributed by atoms with van der Waals surface area (Å²) in [6.07, 6.45) is -4.48. The highest BCUT2D eigenvalue weighted by Crippen LogP contribution is 2.28. The van der Waals surface area contributed by atoms with Crippen LogP contribution in [0.1, 0.15) is 27.3 Å². The zero-order valence-electron chi connectivity index (χ0n) is 12.1. The van der Waals surface area contributed by atoms with Gasteiger partial charge in [-0.2, -0.15) is 18.3 Å². The summed E-state index contributed by atoms with van der Waals surface area (Å²) >= 11 is 0. The first kappa shape index (κ1) is 19.0. The lowest BCUT2D eigenvalue weighted by atomic mass is 10.1. The number of hydrogen-bond donors (Lipinski definition) is 2. The van der Waals surface area contributed by atoms with Crippen LogP contribution in [0.4, 0.5) is 13.2 Å². The number of carboxylic acids is 1. The van der Waals surface area contributed by atoms with Gasteiger partial charge in [-0.3, -0.25) is 4.68 Å². The van der Waals surface area contributed by atoms with E-state index >= 15 is 0 Å². The number of carboxylic acid groups (broad SMARTS) is 1. The largest absolute Gasteiger partial charge is 0.478 e. The zero-order valence-corrected chi connectivity index (χ0v) is 12.9. The summed E-state index contributed by atoms with van der Waals surface area (Å²) in [6.45, 7) is 0.378. The minimum Gasteiger partial charge on any atom is -0.478 e. The molecule has 2 N–H and O–H groups in total. The van der Waals surface area contributed by atoms with Crippen molar-refractivity contribution in [1.29, 1.82) is 0 Å². The first-order chi connectivity index (χ1) is 10.3. The predicted molar refractivity (Wildman–Crippen MR) is 79.4 cm³/mol. The molecule has 9 heteroatoms. The average molecular weight is 350 g/mol. The summed E-state index contributed by atoms with van der Waals surface area (Å²) < 4.78 is 38.8. The van der Waals surface area contributed by atoms with E-state index in [-0.39, 0.29) is 31.1 Å². The number of alkyl halides is 3. The topological polar surface area (TPSA) is 67.2 Å². The third-order valence-electron chi connectivity index (χ3n) is 3.14. The van der Waals surface area contributed by atoms with Crippen molar-refractivity contribution in [3.63, 3.8) is 0 Å². The maximum atomic E-state index is 12.5. The summed E-state index contributed by atoms with van der Waals surface area (Å²) in [7, 11) is 1.43. The van der Waals surface area contributed by atoms with Crippen LogP contribution in [0, 0.1) is 0 Å². The van der Waals surface area contributed by atoms with Crippen molar-refractivity contribution >= 4 is 18.4 Å². The SMILES string of the molecule is Cl.Cn1nc(C(F)(F)F)cc1CNCc1ccccc1C(=O)O. The van der Waals surface area contributed by atoms with Crippen LogP contribution >= 0.6 is 12.4 Å². The van der Waals surface area contributed by atoms with Gasteiger partial charge in [0.05, 0.1) is 11.3 Å². The van der Waals surface area contributed by atoms with Gasteiger partial charge < -0.3 is 10.4 Å². The fraction of sp³-hybridized carbons (Fsp3) is 0.286. The molecule has 1 aromatic carbocycles. The maximum Gasteiger partial charge on any atom is 0.435 e. The van der Waals surface area contributed by atoms with Crippen molar-refractivity contribution in [1.82, 2.24) is 15.1 Å². The normalized spacial score (nSPS) is 11.1. The van der Waals surface area contributed by atoms with E-state index in [9.17, 15) is 18.0 Å². The fourth-order valence-corrected chi connectivity index (χ4v) is 2.02. The van der Waals surface area contributed by atoms with Crippen LogP contribution in [-0.4, -0.2) is 20.9 Å². The number of carbonyl (C=O) groups is 1. The Kier molecular flexibility index (Phi) is 6.17. The minimum absolute atomic E-state index is 0.